The average Bonchev–Trinajstić information content (AvgIpc) is 2.28. The van der Waals surface area contributed by atoms with Gasteiger partial charge in [-0.3, -0.25) is 4.79 Å². The molecule has 1 saturated carbocycles. The second kappa shape index (κ2) is 6.42. The van der Waals surface area contributed by atoms with E-state index in [0.29, 0.717) is 12.3 Å². The van der Waals surface area contributed by atoms with Crippen molar-refractivity contribution in [2.75, 3.05) is 7.05 Å². The van der Waals surface area contributed by atoms with E-state index in [9.17, 15) is 4.79 Å². The van der Waals surface area contributed by atoms with Gasteiger partial charge in [0.2, 0.25) is 5.91 Å². The molecule has 0 aliphatic heterocycles. The highest BCUT2D eigenvalue weighted by molar-refractivity contribution is 5.75. The number of carbonyl (C=O) groups is 1. The molecular weight excluding hydrogens is 210 g/mol. The number of nitrogens with one attached hydrogen (secondary N) is 1. The molecule has 0 aromatic heterocycles. The second-order valence-electron chi connectivity index (χ2n) is 6.34. The zero-order valence-electron chi connectivity index (χ0n) is 12.1. The van der Waals surface area contributed by atoms with Gasteiger partial charge in [-0.15, -0.1) is 0 Å². The largest absolute Gasteiger partial charge is 0.359 e. The molecule has 0 saturated heterocycles. The summed E-state index contributed by atoms with van der Waals surface area (Å²) in [6, 6.07) is 0. The van der Waals surface area contributed by atoms with Crippen molar-refractivity contribution in [3.05, 3.63) is 0 Å². The Morgan fingerprint density at radius 3 is 2.41 bits per heavy atom. The minimum Gasteiger partial charge on any atom is -0.359 e. The molecule has 0 radical (unpaired) electrons. The molecule has 1 N–H and O–H groups in total. The molecule has 0 spiro atoms. The predicted molar refractivity (Wildman–Crippen MR) is 72.7 cm³/mol. The summed E-state index contributed by atoms with van der Waals surface area (Å²) in [4.78, 5) is 11.5. The lowest BCUT2D eigenvalue weighted by Gasteiger charge is -2.40. The molecule has 0 heterocycles. The van der Waals surface area contributed by atoms with Crippen LogP contribution in [0.2, 0.25) is 0 Å². The van der Waals surface area contributed by atoms with Gasteiger partial charge >= 0.3 is 0 Å². The van der Waals surface area contributed by atoms with Gasteiger partial charge in [-0.1, -0.05) is 34.1 Å². The van der Waals surface area contributed by atoms with Crippen LogP contribution in [0.1, 0.15) is 53.4 Å². The fourth-order valence-electron chi connectivity index (χ4n) is 3.48. The Morgan fingerprint density at radius 2 is 1.88 bits per heavy atom. The van der Waals surface area contributed by atoms with E-state index in [-0.39, 0.29) is 5.91 Å². The molecule has 4 unspecified atom stereocenters. The third-order valence-electron chi connectivity index (χ3n) is 4.59. The van der Waals surface area contributed by atoms with E-state index in [1.165, 1.54) is 19.3 Å². The highest BCUT2D eigenvalue weighted by Gasteiger charge is 2.34. The first kappa shape index (κ1) is 14.5. The fraction of sp³-hybridized carbons (Fsp3) is 0.933. The minimum absolute atomic E-state index is 0.193. The van der Waals surface area contributed by atoms with Crippen molar-refractivity contribution < 1.29 is 4.79 Å². The summed E-state index contributed by atoms with van der Waals surface area (Å²) in [5.41, 5.74) is 0. The summed E-state index contributed by atoms with van der Waals surface area (Å²) < 4.78 is 0. The summed E-state index contributed by atoms with van der Waals surface area (Å²) in [7, 11) is 1.73. The van der Waals surface area contributed by atoms with E-state index in [4.69, 9.17) is 0 Å². The highest BCUT2D eigenvalue weighted by atomic mass is 16.1. The first-order chi connectivity index (χ1) is 7.95. The van der Waals surface area contributed by atoms with E-state index < -0.39 is 0 Å². The topological polar surface area (TPSA) is 29.1 Å². The van der Waals surface area contributed by atoms with Crippen LogP contribution in [0.5, 0.6) is 0 Å². The third-order valence-corrected chi connectivity index (χ3v) is 4.59. The molecule has 0 aromatic rings. The Balaban J connectivity index is 2.64. The van der Waals surface area contributed by atoms with Crippen molar-refractivity contribution in [3.8, 4) is 0 Å². The minimum atomic E-state index is 0.193. The molecule has 0 aromatic carbocycles. The van der Waals surface area contributed by atoms with Crippen LogP contribution in [0, 0.1) is 29.6 Å². The molecule has 2 nitrogen and oxygen atoms in total. The van der Waals surface area contributed by atoms with Crippen LogP contribution in [-0.4, -0.2) is 13.0 Å². The van der Waals surface area contributed by atoms with Gasteiger partial charge in [-0.2, -0.15) is 0 Å². The second-order valence-corrected chi connectivity index (χ2v) is 6.34. The van der Waals surface area contributed by atoms with Gasteiger partial charge in [0.05, 0.1) is 0 Å². The number of rotatable bonds is 4. The van der Waals surface area contributed by atoms with Crippen molar-refractivity contribution >= 4 is 5.91 Å². The molecule has 4 atom stereocenters. The average molecular weight is 239 g/mol. The Morgan fingerprint density at radius 1 is 1.24 bits per heavy atom. The van der Waals surface area contributed by atoms with Gasteiger partial charge in [-0.25, -0.2) is 0 Å². The maximum Gasteiger partial charge on any atom is 0.220 e. The molecule has 0 bridgehead atoms. The summed E-state index contributed by atoms with van der Waals surface area (Å²) in [5.74, 6) is 3.84. The lowest BCUT2D eigenvalue weighted by Crippen LogP contribution is -2.34. The van der Waals surface area contributed by atoms with E-state index in [0.717, 1.165) is 23.7 Å². The van der Waals surface area contributed by atoms with Crippen molar-refractivity contribution in [1.82, 2.24) is 5.32 Å². The summed E-state index contributed by atoms with van der Waals surface area (Å²) in [5, 5.41) is 2.75. The molecule has 17 heavy (non-hydrogen) atoms. The Bertz CT molecular complexity index is 249. The molecule has 1 fully saturated rings. The zero-order chi connectivity index (χ0) is 13.0. The van der Waals surface area contributed by atoms with Crippen LogP contribution in [0.25, 0.3) is 0 Å². The van der Waals surface area contributed by atoms with Gasteiger partial charge in [0.25, 0.3) is 0 Å². The fourth-order valence-corrected chi connectivity index (χ4v) is 3.48. The Labute approximate surface area is 107 Å². The van der Waals surface area contributed by atoms with Crippen molar-refractivity contribution in [2.45, 2.75) is 53.4 Å². The summed E-state index contributed by atoms with van der Waals surface area (Å²) >= 11 is 0. The molecule has 100 valence electrons. The van der Waals surface area contributed by atoms with Crippen LogP contribution in [0.15, 0.2) is 0 Å². The zero-order valence-corrected chi connectivity index (χ0v) is 12.1. The van der Waals surface area contributed by atoms with Gasteiger partial charge < -0.3 is 5.32 Å². The van der Waals surface area contributed by atoms with Crippen molar-refractivity contribution in [3.63, 3.8) is 0 Å². The summed E-state index contributed by atoms with van der Waals surface area (Å²) in [6.45, 7) is 9.28. The van der Waals surface area contributed by atoms with Crippen LogP contribution < -0.4 is 5.32 Å². The van der Waals surface area contributed by atoms with Gasteiger partial charge in [0.15, 0.2) is 0 Å². The quantitative estimate of drug-likeness (QED) is 0.799. The molecule has 1 aliphatic carbocycles. The van der Waals surface area contributed by atoms with Crippen LogP contribution >= 0.6 is 0 Å². The smallest absolute Gasteiger partial charge is 0.220 e. The number of carbonyl (C=O) groups excluding carboxylic acids is 1. The molecule has 1 aliphatic rings. The van der Waals surface area contributed by atoms with Crippen LogP contribution in [-0.2, 0) is 4.79 Å². The molecular formula is C15H29NO. The Kier molecular flexibility index (Phi) is 5.48. The monoisotopic (exact) mass is 239 g/mol. The number of hydrogen-bond donors (Lipinski definition) is 1. The standard InChI is InChI=1S/C15H29NO/c1-10(2)13-7-6-11(3)8-14(13)12(4)9-15(17)16-5/h10-14H,6-9H2,1-5H3,(H,16,17). The van der Waals surface area contributed by atoms with Crippen molar-refractivity contribution in [1.29, 1.82) is 0 Å². The van der Waals surface area contributed by atoms with Gasteiger partial charge in [0, 0.05) is 13.5 Å². The molecule has 1 rings (SSSR count). The lowest BCUT2D eigenvalue weighted by molar-refractivity contribution is -0.122. The maximum atomic E-state index is 11.5. The van der Waals surface area contributed by atoms with E-state index >= 15 is 0 Å². The predicted octanol–water partition coefficient (Wildman–Crippen LogP) is 3.47. The maximum absolute atomic E-state index is 11.5. The van der Waals surface area contributed by atoms with Gasteiger partial charge in [-0.05, 0) is 42.4 Å². The SMILES string of the molecule is CNC(=O)CC(C)C1CC(C)CCC1C(C)C. The van der Waals surface area contributed by atoms with E-state index in [1.54, 1.807) is 7.05 Å². The van der Waals surface area contributed by atoms with Crippen LogP contribution in [0.3, 0.4) is 0 Å². The summed E-state index contributed by atoms with van der Waals surface area (Å²) in [6.07, 6.45) is 4.71. The molecule has 1 amide bonds. The number of hydrogen-bond acceptors (Lipinski definition) is 1. The highest BCUT2D eigenvalue weighted by Crippen LogP contribution is 2.42. The first-order valence-electron chi connectivity index (χ1n) is 7.16. The lowest BCUT2D eigenvalue weighted by atomic mass is 9.65. The molecule has 2 heteroatoms. The third kappa shape index (κ3) is 4.01. The number of amides is 1. The van der Waals surface area contributed by atoms with Gasteiger partial charge in [0.1, 0.15) is 0 Å². The van der Waals surface area contributed by atoms with E-state index in [1.807, 2.05) is 0 Å². The first-order valence-corrected chi connectivity index (χ1v) is 7.16. The van der Waals surface area contributed by atoms with Crippen LogP contribution in [0.4, 0.5) is 0 Å². The van der Waals surface area contributed by atoms with E-state index in [2.05, 4.69) is 33.0 Å². The Hall–Kier alpha value is -0.530. The van der Waals surface area contributed by atoms with Crippen molar-refractivity contribution in [2.24, 2.45) is 29.6 Å². The normalized spacial score (nSPS) is 31.3.